The lowest BCUT2D eigenvalue weighted by atomic mass is 9.98. The van der Waals surface area contributed by atoms with E-state index in [4.69, 9.17) is 4.74 Å². The number of rotatable bonds is 16. The van der Waals surface area contributed by atoms with Gasteiger partial charge in [0.15, 0.2) is 0 Å². The molecule has 0 heterocycles. The van der Waals surface area contributed by atoms with Crippen LogP contribution in [0.2, 0.25) is 0 Å². The Hall–Kier alpha value is -4.20. The van der Waals surface area contributed by atoms with Gasteiger partial charge in [-0.05, 0) is 60.3 Å². The molecule has 2 aromatic carbocycles. The number of Topliss-reactive ketones (excluding diaryl/α,β-unsaturated/α-hetero) is 1. The molecule has 0 saturated heterocycles. The first-order valence-corrected chi connectivity index (χ1v) is 14.2. The number of hydrogen-bond donors (Lipinski definition) is 3. The lowest BCUT2D eigenvalue weighted by molar-refractivity contribution is -0.140. The lowest BCUT2D eigenvalue weighted by Gasteiger charge is -2.23. The van der Waals surface area contributed by atoms with E-state index in [1.165, 1.54) is 0 Å². The van der Waals surface area contributed by atoms with Gasteiger partial charge in [-0.2, -0.15) is 0 Å². The molecule has 8 heteroatoms. The first kappa shape index (κ1) is 31.3. The molecule has 0 saturated carbocycles. The number of hydrogen-bond acceptors (Lipinski definition) is 5. The SMILES string of the molecule is C=CCCNC(=O)C(=O)C(CCC=C)NC(=O)C(CCC(C)C)NC(=O)OCC1c2ccccc2-c2ccccc21. The Labute approximate surface area is 242 Å². The molecule has 2 unspecified atom stereocenters. The van der Waals surface area contributed by atoms with Crippen LogP contribution >= 0.6 is 0 Å². The highest BCUT2D eigenvalue weighted by Gasteiger charge is 2.32. The summed E-state index contributed by atoms with van der Waals surface area (Å²) >= 11 is 0. The Bertz CT molecular complexity index is 1210. The highest BCUT2D eigenvalue weighted by Crippen LogP contribution is 2.44. The average molecular weight is 560 g/mol. The van der Waals surface area contributed by atoms with Crippen LogP contribution in [0.5, 0.6) is 0 Å². The molecule has 8 nitrogen and oxygen atoms in total. The Kier molecular flexibility index (Phi) is 11.9. The molecule has 0 spiro atoms. The molecule has 0 bridgehead atoms. The summed E-state index contributed by atoms with van der Waals surface area (Å²) in [6.07, 6.45) is 4.70. The van der Waals surface area contributed by atoms with E-state index in [2.05, 4.69) is 41.2 Å². The Morgan fingerprint density at radius 3 is 2.02 bits per heavy atom. The summed E-state index contributed by atoms with van der Waals surface area (Å²) in [5.74, 6) is -1.89. The van der Waals surface area contributed by atoms with Gasteiger partial charge in [-0.15, -0.1) is 13.2 Å². The molecule has 3 N–H and O–H groups in total. The van der Waals surface area contributed by atoms with Gasteiger partial charge in [0.05, 0.1) is 6.04 Å². The molecular formula is C33H41N3O5. The molecule has 3 rings (SSSR count). The van der Waals surface area contributed by atoms with E-state index < -0.39 is 35.8 Å². The topological polar surface area (TPSA) is 114 Å². The normalized spacial score (nSPS) is 13.3. The molecule has 0 aromatic heterocycles. The van der Waals surface area contributed by atoms with Gasteiger partial charge < -0.3 is 20.7 Å². The van der Waals surface area contributed by atoms with Crippen molar-refractivity contribution in [1.29, 1.82) is 0 Å². The molecule has 1 aliphatic carbocycles. The number of alkyl carbamates (subject to hydrolysis) is 1. The van der Waals surface area contributed by atoms with Crippen LogP contribution in [-0.2, 0) is 19.1 Å². The Morgan fingerprint density at radius 2 is 1.44 bits per heavy atom. The van der Waals surface area contributed by atoms with Crippen LogP contribution in [0.25, 0.3) is 11.1 Å². The van der Waals surface area contributed by atoms with Crippen molar-refractivity contribution in [1.82, 2.24) is 16.0 Å². The maximum Gasteiger partial charge on any atom is 0.407 e. The van der Waals surface area contributed by atoms with Crippen LogP contribution in [0, 0.1) is 5.92 Å². The number of ketones is 1. The summed E-state index contributed by atoms with van der Waals surface area (Å²) in [5, 5.41) is 7.93. The summed E-state index contributed by atoms with van der Waals surface area (Å²) in [5.41, 5.74) is 4.42. The van der Waals surface area contributed by atoms with Crippen molar-refractivity contribution < 1.29 is 23.9 Å². The number of ether oxygens (including phenoxy) is 1. The fourth-order valence-corrected chi connectivity index (χ4v) is 4.91. The Balaban J connectivity index is 1.67. The molecule has 1 aliphatic rings. The third-order valence-electron chi connectivity index (χ3n) is 7.14. The average Bonchev–Trinajstić information content (AvgIpc) is 3.29. The smallest absolute Gasteiger partial charge is 0.407 e. The number of amides is 3. The van der Waals surface area contributed by atoms with E-state index in [9.17, 15) is 19.2 Å². The summed E-state index contributed by atoms with van der Waals surface area (Å²) < 4.78 is 5.66. The van der Waals surface area contributed by atoms with Crippen molar-refractivity contribution in [3.63, 3.8) is 0 Å². The highest BCUT2D eigenvalue weighted by molar-refractivity contribution is 6.38. The summed E-state index contributed by atoms with van der Waals surface area (Å²) in [7, 11) is 0. The van der Waals surface area contributed by atoms with Crippen LogP contribution in [0.3, 0.4) is 0 Å². The lowest BCUT2D eigenvalue weighted by Crippen LogP contribution is -2.54. The second-order valence-corrected chi connectivity index (χ2v) is 10.6. The van der Waals surface area contributed by atoms with Gasteiger partial charge in [0.1, 0.15) is 12.6 Å². The van der Waals surface area contributed by atoms with E-state index in [0.717, 1.165) is 22.3 Å². The predicted molar refractivity (Wildman–Crippen MR) is 160 cm³/mol. The van der Waals surface area contributed by atoms with Crippen molar-refractivity contribution in [2.75, 3.05) is 13.2 Å². The fourth-order valence-electron chi connectivity index (χ4n) is 4.91. The van der Waals surface area contributed by atoms with Crippen molar-refractivity contribution in [3.05, 3.63) is 85.0 Å². The third-order valence-corrected chi connectivity index (χ3v) is 7.14. The number of benzene rings is 2. The zero-order valence-electron chi connectivity index (χ0n) is 24.0. The standard InChI is InChI=1S/C33H41N3O5/c1-5-7-17-28(30(37)32(39)34-20-8-6-2)35-31(38)29(19-18-22(3)4)36-33(40)41-21-27-25-15-11-9-13-23(25)24-14-10-12-16-26(24)27/h5-6,9-16,22,27-29H,1-2,7-8,17-21H2,3-4H3,(H,34,39)(H,35,38)(H,36,40). The molecule has 0 radical (unpaired) electrons. The second kappa shape index (κ2) is 15.6. The Morgan fingerprint density at radius 1 is 0.829 bits per heavy atom. The van der Waals surface area contributed by atoms with Crippen LogP contribution in [-0.4, -0.2) is 48.9 Å². The third kappa shape index (κ3) is 8.64. The minimum atomic E-state index is -1.05. The number of nitrogens with one attached hydrogen (secondary N) is 3. The monoisotopic (exact) mass is 559 g/mol. The van der Waals surface area contributed by atoms with Crippen molar-refractivity contribution in [2.24, 2.45) is 5.92 Å². The van der Waals surface area contributed by atoms with Crippen LogP contribution in [0.4, 0.5) is 4.79 Å². The molecule has 0 fully saturated rings. The molecule has 41 heavy (non-hydrogen) atoms. The maximum atomic E-state index is 13.3. The minimum absolute atomic E-state index is 0.114. The van der Waals surface area contributed by atoms with E-state index in [-0.39, 0.29) is 31.4 Å². The minimum Gasteiger partial charge on any atom is -0.449 e. The zero-order valence-corrected chi connectivity index (χ0v) is 24.0. The van der Waals surface area contributed by atoms with E-state index in [0.29, 0.717) is 25.7 Å². The van der Waals surface area contributed by atoms with Gasteiger partial charge >= 0.3 is 6.09 Å². The zero-order chi connectivity index (χ0) is 29.8. The van der Waals surface area contributed by atoms with Crippen LogP contribution < -0.4 is 16.0 Å². The van der Waals surface area contributed by atoms with Crippen molar-refractivity contribution in [3.8, 4) is 11.1 Å². The molecule has 0 aliphatic heterocycles. The van der Waals surface area contributed by atoms with Crippen LogP contribution in [0.1, 0.15) is 63.0 Å². The molecule has 2 aromatic rings. The largest absolute Gasteiger partial charge is 0.449 e. The summed E-state index contributed by atoms with van der Waals surface area (Å²) in [6, 6.07) is 14.1. The van der Waals surface area contributed by atoms with Gasteiger partial charge in [0.2, 0.25) is 11.7 Å². The second-order valence-electron chi connectivity index (χ2n) is 10.6. The van der Waals surface area contributed by atoms with E-state index >= 15 is 0 Å². The molecular weight excluding hydrogens is 518 g/mol. The number of allylic oxidation sites excluding steroid dienone is 1. The number of carbonyl (C=O) groups is 4. The van der Waals surface area contributed by atoms with Gasteiger partial charge in [0.25, 0.3) is 5.91 Å². The quantitative estimate of drug-likeness (QED) is 0.151. The molecule has 3 amide bonds. The van der Waals surface area contributed by atoms with Gasteiger partial charge in [-0.25, -0.2) is 4.79 Å². The van der Waals surface area contributed by atoms with Crippen molar-refractivity contribution >= 4 is 23.7 Å². The number of fused-ring (bicyclic) bond motifs is 3. The summed E-state index contributed by atoms with van der Waals surface area (Å²) in [4.78, 5) is 51.5. The predicted octanol–water partition coefficient (Wildman–Crippen LogP) is 5.04. The first-order chi connectivity index (χ1) is 19.8. The van der Waals surface area contributed by atoms with Crippen molar-refractivity contribution in [2.45, 2.75) is 64.0 Å². The fraction of sp³-hybridized carbons (Fsp3) is 0.394. The van der Waals surface area contributed by atoms with E-state index in [1.54, 1.807) is 12.2 Å². The number of carbonyl (C=O) groups excluding carboxylic acids is 4. The van der Waals surface area contributed by atoms with Gasteiger partial charge in [0, 0.05) is 12.5 Å². The highest BCUT2D eigenvalue weighted by atomic mass is 16.5. The molecule has 2 atom stereocenters. The van der Waals surface area contributed by atoms with E-state index in [1.807, 2.05) is 50.2 Å². The van der Waals surface area contributed by atoms with Crippen LogP contribution in [0.15, 0.2) is 73.8 Å². The molecule has 218 valence electrons. The summed E-state index contributed by atoms with van der Waals surface area (Å²) in [6.45, 7) is 11.7. The van der Waals surface area contributed by atoms with Gasteiger partial charge in [-0.3, -0.25) is 14.4 Å². The maximum absolute atomic E-state index is 13.3. The first-order valence-electron chi connectivity index (χ1n) is 14.2. The van der Waals surface area contributed by atoms with Gasteiger partial charge in [-0.1, -0.05) is 74.5 Å².